The Morgan fingerprint density at radius 3 is 2.61 bits per heavy atom. The maximum Gasteiger partial charge on any atom is 0.129 e. The Balaban J connectivity index is 2.26. The minimum absolute atomic E-state index is 0.0472. The summed E-state index contributed by atoms with van der Waals surface area (Å²) in [6.07, 6.45) is 1.86. The van der Waals surface area contributed by atoms with Gasteiger partial charge in [-0.25, -0.2) is 4.98 Å². The van der Waals surface area contributed by atoms with Crippen molar-refractivity contribution in [1.29, 1.82) is 0 Å². The topological polar surface area (TPSA) is 42.4 Å². The summed E-state index contributed by atoms with van der Waals surface area (Å²) in [5.41, 5.74) is 0.249. The number of aliphatic hydroxyl groups is 1. The number of aliphatic hydroxyl groups excluding tert-OH is 1. The first-order valence-electron chi connectivity index (χ1n) is 6.21. The lowest BCUT2D eigenvalue weighted by molar-refractivity contribution is -0.0880. The summed E-state index contributed by atoms with van der Waals surface area (Å²) >= 11 is 5.87. The Labute approximate surface area is 113 Å². The highest BCUT2D eigenvalue weighted by Gasteiger charge is 2.49. The Morgan fingerprint density at radius 1 is 1.44 bits per heavy atom. The number of hydrogen-bond donors (Lipinski definition) is 1. The Kier molecular flexibility index (Phi) is 3.43. The van der Waals surface area contributed by atoms with Gasteiger partial charge in [-0.3, -0.25) is 0 Å². The third-order valence-electron chi connectivity index (χ3n) is 3.62. The highest BCUT2D eigenvalue weighted by atomic mass is 35.5. The summed E-state index contributed by atoms with van der Waals surface area (Å²) in [6.45, 7) is 8.17. The second-order valence-corrected chi connectivity index (χ2v) is 6.52. The molecule has 1 aliphatic rings. The largest absolute Gasteiger partial charge is 0.388 e. The maximum absolute atomic E-state index is 10.5. The molecule has 100 valence electrons. The summed E-state index contributed by atoms with van der Waals surface area (Å²) in [4.78, 5) is 3.94. The molecule has 1 saturated heterocycles. The van der Waals surface area contributed by atoms with Crippen LogP contribution in [0.3, 0.4) is 0 Å². The predicted octanol–water partition coefficient (Wildman–Crippen LogP) is 3.36. The quantitative estimate of drug-likeness (QED) is 0.837. The normalized spacial score (nSPS) is 27.1. The standard InChI is InChI=1S/C14H20ClNO2/c1-13(2)8-10(14(3,4)18-13)12(17)9-5-6-16-11(15)7-9/h5-7,10,12,17H,8H2,1-4H3. The molecule has 0 saturated carbocycles. The van der Waals surface area contributed by atoms with Crippen molar-refractivity contribution in [1.82, 2.24) is 4.98 Å². The van der Waals surface area contributed by atoms with Gasteiger partial charge in [0, 0.05) is 12.1 Å². The Morgan fingerprint density at radius 2 is 2.11 bits per heavy atom. The van der Waals surface area contributed by atoms with E-state index in [2.05, 4.69) is 18.8 Å². The number of aromatic nitrogens is 1. The monoisotopic (exact) mass is 269 g/mol. The third-order valence-corrected chi connectivity index (χ3v) is 3.82. The minimum Gasteiger partial charge on any atom is -0.388 e. The van der Waals surface area contributed by atoms with E-state index in [0.29, 0.717) is 5.15 Å². The first-order valence-corrected chi connectivity index (χ1v) is 6.59. The second-order valence-electron chi connectivity index (χ2n) is 6.13. The molecule has 1 aromatic heterocycles. The summed E-state index contributed by atoms with van der Waals surface area (Å²) in [5, 5.41) is 11.0. The van der Waals surface area contributed by atoms with Crippen molar-refractivity contribution in [2.75, 3.05) is 0 Å². The molecule has 0 spiro atoms. The zero-order valence-electron chi connectivity index (χ0n) is 11.3. The van der Waals surface area contributed by atoms with Crippen molar-refractivity contribution < 1.29 is 9.84 Å². The average Bonchev–Trinajstić information content (AvgIpc) is 2.45. The van der Waals surface area contributed by atoms with E-state index in [1.165, 1.54) is 0 Å². The first-order chi connectivity index (χ1) is 8.21. The fourth-order valence-corrected chi connectivity index (χ4v) is 3.11. The fourth-order valence-electron chi connectivity index (χ4n) is 2.93. The van der Waals surface area contributed by atoms with Crippen LogP contribution in [0.2, 0.25) is 5.15 Å². The molecule has 2 unspecified atom stereocenters. The van der Waals surface area contributed by atoms with Gasteiger partial charge in [0.15, 0.2) is 0 Å². The molecule has 0 bridgehead atoms. The number of halogens is 1. The van der Waals surface area contributed by atoms with E-state index in [0.717, 1.165) is 12.0 Å². The van der Waals surface area contributed by atoms with Crippen LogP contribution < -0.4 is 0 Å². The first kappa shape index (κ1) is 13.8. The van der Waals surface area contributed by atoms with Gasteiger partial charge in [-0.15, -0.1) is 0 Å². The van der Waals surface area contributed by atoms with Gasteiger partial charge in [-0.2, -0.15) is 0 Å². The SMILES string of the molecule is CC1(C)CC(C(O)c2ccnc(Cl)c2)C(C)(C)O1. The van der Waals surface area contributed by atoms with Crippen LogP contribution in [-0.2, 0) is 4.74 Å². The molecular formula is C14H20ClNO2. The molecular weight excluding hydrogens is 250 g/mol. The van der Waals surface area contributed by atoms with Gasteiger partial charge >= 0.3 is 0 Å². The lowest BCUT2D eigenvalue weighted by atomic mass is 9.81. The number of rotatable bonds is 2. The van der Waals surface area contributed by atoms with Crippen LogP contribution in [0.1, 0.15) is 45.8 Å². The van der Waals surface area contributed by atoms with E-state index < -0.39 is 6.10 Å². The molecule has 0 amide bonds. The Bertz CT molecular complexity index is 445. The van der Waals surface area contributed by atoms with Crippen LogP contribution in [0.25, 0.3) is 0 Å². The summed E-state index contributed by atoms with van der Waals surface area (Å²) in [6, 6.07) is 3.52. The van der Waals surface area contributed by atoms with Gasteiger partial charge in [0.05, 0.1) is 17.3 Å². The van der Waals surface area contributed by atoms with Gasteiger partial charge in [0.25, 0.3) is 0 Å². The van der Waals surface area contributed by atoms with Gasteiger partial charge in [-0.1, -0.05) is 11.6 Å². The van der Waals surface area contributed by atoms with Crippen LogP contribution in [0.15, 0.2) is 18.3 Å². The molecule has 18 heavy (non-hydrogen) atoms. The summed E-state index contributed by atoms with van der Waals surface area (Å²) in [5.74, 6) is 0.0472. The van der Waals surface area contributed by atoms with E-state index >= 15 is 0 Å². The third kappa shape index (κ3) is 2.68. The van der Waals surface area contributed by atoms with Gasteiger partial charge in [0.2, 0.25) is 0 Å². The molecule has 1 aliphatic heterocycles. The van der Waals surface area contributed by atoms with Crippen molar-refractivity contribution in [3.63, 3.8) is 0 Å². The lowest BCUT2D eigenvalue weighted by Crippen LogP contribution is -2.32. The van der Waals surface area contributed by atoms with Crippen LogP contribution >= 0.6 is 11.6 Å². The number of ether oxygens (including phenoxy) is 1. The molecule has 2 rings (SSSR count). The second kappa shape index (κ2) is 4.48. The van der Waals surface area contributed by atoms with E-state index in [1.807, 2.05) is 13.8 Å². The minimum atomic E-state index is -0.581. The fraction of sp³-hybridized carbons (Fsp3) is 0.643. The van der Waals surface area contributed by atoms with Crippen molar-refractivity contribution >= 4 is 11.6 Å². The molecule has 2 heterocycles. The zero-order valence-corrected chi connectivity index (χ0v) is 12.0. The number of hydrogen-bond acceptors (Lipinski definition) is 3. The smallest absolute Gasteiger partial charge is 0.129 e. The molecule has 1 fully saturated rings. The number of pyridine rings is 1. The van der Waals surface area contributed by atoms with Gasteiger partial charge in [-0.05, 0) is 51.8 Å². The predicted molar refractivity (Wildman–Crippen MR) is 71.6 cm³/mol. The highest BCUT2D eigenvalue weighted by molar-refractivity contribution is 6.29. The molecule has 2 atom stereocenters. The summed E-state index contributed by atoms with van der Waals surface area (Å²) < 4.78 is 6.01. The molecule has 3 nitrogen and oxygen atoms in total. The molecule has 0 aliphatic carbocycles. The van der Waals surface area contributed by atoms with Crippen molar-refractivity contribution in [3.8, 4) is 0 Å². The van der Waals surface area contributed by atoms with Crippen LogP contribution in [0.5, 0.6) is 0 Å². The average molecular weight is 270 g/mol. The van der Waals surface area contributed by atoms with E-state index in [4.69, 9.17) is 16.3 Å². The van der Waals surface area contributed by atoms with Gasteiger partial charge in [0.1, 0.15) is 5.15 Å². The molecule has 4 heteroatoms. The van der Waals surface area contributed by atoms with Crippen LogP contribution in [-0.4, -0.2) is 21.3 Å². The molecule has 0 aromatic carbocycles. The van der Waals surface area contributed by atoms with E-state index in [9.17, 15) is 5.11 Å². The lowest BCUT2D eigenvalue weighted by Gasteiger charge is -2.30. The van der Waals surface area contributed by atoms with E-state index in [1.54, 1.807) is 18.3 Å². The van der Waals surface area contributed by atoms with Crippen LogP contribution in [0.4, 0.5) is 0 Å². The highest BCUT2D eigenvalue weighted by Crippen LogP contribution is 2.47. The van der Waals surface area contributed by atoms with Crippen molar-refractivity contribution in [2.45, 2.75) is 51.4 Å². The maximum atomic E-state index is 10.5. The van der Waals surface area contributed by atoms with Gasteiger partial charge < -0.3 is 9.84 Å². The van der Waals surface area contributed by atoms with Crippen molar-refractivity contribution in [3.05, 3.63) is 29.0 Å². The number of nitrogens with zero attached hydrogens (tertiary/aromatic N) is 1. The van der Waals surface area contributed by atoms with Crippen molar-refractivity contribution in [2.24, 2.45) is 5.92 Å². The molecule has 1 N–H and O–H groups in total. The summed E-state index contributed by atoms with van der Waals surface area (Å²) in [7, 11) is 0. The Hall–Kier alpha value is -0.640. The molecule has 1 aromatic rings. The van der Waals surface area contributed by atoms with Crippen LogP contribution in [0, 0.1) is 5.92 Å². The molecule has 0 radical (unpaired) electrons. The zero-order chi connectivity index (χ0) is 13.6. The van der Waals surface area contributed by atoms with E-state index in [-0.39, 0.29) is 17.1 Å².